The fourth-order valence-corrected chi connectivity index (χ4v) is 6.12. The Morgan fingerprint density at radius 2 is 1.60 bits per heavy atom. The number of benzene rings is 2. The largest absolute Gasteiger partial charge is 0.481 e. The first-order valence-corrected chi connectivity index (χ1v) is 13.3. The maximum absolute atomic E-state index is 13.0. The van der Waals surface area contributed by atoms with Crippen LogP contribution in [0.5, 0.6) is 0 Å². The van der Waals surface area contributed by atoms with Crippen molar-refractivity contribution in [3.05, 3.63) is 59.7 Å². The van der Waals surface area contributed by atoms with Gasteiger partial charge in [-0.1, -0.05) is 48.5 Å². The van der Waals surface area contributed by atoms with E-state index in [9.17, 15) is 14.4 Å². The van der Waals surface area contributed by atoms with Gasteiger partial charge in [-0.05, 0) is 65.9 Å². The smallest absolute Gasteiger partial charge is 0.407 e. The number of carbonyl (C=O) groups excluding carboxylic acids is 2. The number of nitrogens with one attached hydrogen (secondary N) is 2. The first-order chi connectivity index (χ1) is 16.9. The summed E-state index contributed by atoms with van der Waals surface area (Å²) in [7, 11) is 0. The van der Waals surface area contributed by atoms with Crippen molar-refractivity contribution in [1.29, 1.82) is 0 Å². The van der Waals surface area contributed by atoms with Crippen LogP contribution in [0.4, 0.5) is 4.79 Å². The molecule has 7 nitrogen and oxygen atoms in total. The van der Waals surface area contributed by atoms with E-state index >= 15 is 0 Å². The number of thioether (sulfide) groups is 1. The summed E-state index contributed by atoms with van der Waals surface area (Å²) in [5.74, 6) is 1.05. The lowest BCUT2D eigenvalue weighted by molar-refractivity contribution is -0.137. The van der Waals surface area contributed by atoms with Crippen LogP contribution in [0.3, 0.4) is 0 Å². The molecular weight excluding hydrogens is 464 g/mol. The second kappa shape index (κ2) is 11.6. The van der Waals surface area contributed by atoms with Gasteiger partial charge in [0.25, 0.3) is 0 Å². The summed E-state index contributed by atoms with van der Waals surface area (Å²) >= 11 is 1.92. The van der Waals surface area contributed by atoms with Crippen LogP contribution in [0.15, 0.2) is 48.5 Å². The van der Waals surface area contributed by atoms with Gasteiger partial charge in [-0.15, -0.1) is 0 Å². The van der Waals surface area contributed by atoms with Gasteiger partial charge in [-0.3, -0.25) is 9.59 Å². The second-order valence-corrected chi connectivity index (χ2v) is 10.4. The quantitative estimate of drug-likeness (QED) is 0.475. The summed E-state index contributed by atoms with van der Waals surface area (Å²) in [5.41, 5.74) is 4.46. The minimum atomic E-state index is -1.02. The van der Waals surface area contributed by atoms with E-state index < -0.39 is 18.1 Å². The van der Waals surface area contributed by atoms with Gasteiger partial charge in [0.1, 0.15) is 12.6 Å². The molecule has 1 aliphatic heterocycles. The van der Waals surface area contributed by atoms with Gasteiger partial charge in [-0.2, -0.15) is 11.8 Å². The van der Waals surface area contributed by atoms with Crippen molar-refractivity contribution in [3.8, 4) is 11.1 Å². The Morgan fingerprint density at radius 3 is 2.20 bits per heavy atom. The Kier molecular flexibility index (Phi) is 8.33. The third-order valence-corrected chi connectivity index (χ3v) is 7.99. The molecule has 1 heterocycles. The minimum absolute atomic E-state index is 0.00139. The number of carboxylic acids is 1. The zero-order valence-corrected chi connectivity index (χ0v) is 20.7. The number of alkyl carbamates (subject to hydrolysis) is 1. The van der Waals surface area contributed by atoms with E-state index in [1.165, 1.54) is 0 Å². The second-order valence-electron chi connectivity index (χ2n) is 9.20. The third-order valence-electron chi connectivity index (χ3n) is 6.94. The third kappa shape index (κ3) is 6.17. The molecule has 0 saturated carbocycles. The van der Waals surface area contributed by atoms with Crippen LogP contribution >= 0.6 is 11.8 Å². The van der Waals surface area contributed by atoms with Crippen molar-refractivity contribution in [3.63, 3.8) is 0 Å². The molecule has 2 atom stereocenters. The number of hydrogen-bond donors (Lipinski definition) is 3. The van der Waals surface area contributed by atoms with E-state index in [1.807, 2.05) is 55.1 Å². The fraction of sp³-hybridized carbons (Fsp3) is 0.444. The SMILES string of the molecule is CC(NC(=O)C(CCC(=O)O)NC(=O)OCC1c2ccccc2-c2ccccc21)C1CCSCC1. The van der Waals surface area contributed by atoms with Crippen LogP contribution in [-0.2, 0) is 14.3 Å². The van der Waals surface area contributed by atoms with Crippen molar-refractivity contribution in [1.82, 2.24) is 10.6 Å². The van der Waals surface area contributed by atoms with Gasteiger partial charge >= 0.3 is 12.1 Å². The van der Waals surface area contributed by atoms with Gasteiger partial charge in [0, 0.05) is 18.4 Å². The lowest BCUT2D eigenvalue weighted by Crippen LogP contribution is -2.51. The van der Waals surface area contributed by atoms with Crippen LogP contribution in [-0.4, -0.2) is 53.3 Å². The predicted octanol–water partition coefficient (Wildman–Crippen LogP) is 4.41. The van der Waals surface area contributed by atoms with Crippen LogP contribution in [0.1, 0.15) is 49.7 Å². The maximum Gasteiger partial charge on any atom is 0.407 e. The first-order valence-electron chi connectivity index (χ1n) is 12.2. The molecule has 0 aromatic heterocycles. The number of fused-ring (bicyclic) bond motifs is 3. The lowest BCUT2D eigenvalue weighted by Gasteiger charge is -2.29. The summed E-state index contributed by atoms with van der Waals surface area (Å²) in [6, 6.07) is 15.1. The topological polar surface area (TPSA) is 105 Å². The highest BCUT2D eigenvalue weighted by Gasteiger charge is 2.30. The normalized spacial score (nSPS) is 17.1. The molecule has 186 valence electrons. The molecule has 35 heavy (non-hydrogen) atoms. The monoisotopic (exact) mass is 496 g/mol. The molecule has 3 N–H and O–H groups in total. The number of rotatable bonds is 9. The average Bonchev–Trinajstić information content (AvgIpc) is 3.19. The highest BCUT2D eigenvalue weighted by atomic mass is 32.2. The first kappa shape index (κ1) is 25.1. The number of hydrogen-bond acceptors (Lipinski definition) is 5. The van der Waals surface area contributed by atoms with Crippen molar-refractivity contribution >= 4 is 29.7 Å². The standard InChI is InChI=1S/C27H32N2O5S/c1-17(18-12-14-35-15-13-18)28-26(32)24(10-11-25(30)31)29-27(33)34-16-23-21-8-4-2-6-19(21)20-7-3-5-9-22(20)23/h2-9,17-18,23-24H,10-16H2,1H3,(H,28,32)(H,29,33)(H,30,31). The molecule has 2 unspecified atom stereocenters. The number of aliphatic carboxylic acids is 1. The molecule has 0 radical (unpaired) electrons. The molecular formula is C27H32N2O5S. The van der Waals surface area contributed by atoms with Crippen LogP contribution in [0.25, 0.3) is 11.1 Å². The molecule has 2 aromatic rings. The zero-order valence-electron chi connectivity index (χ0n) is 19.9. The van der Waals surface area contributed by atoms with Gasteiger partial charge in [-0.25, -0.2) is 4.79 Å². The van der Waals surface area contributed by atoms with Gasteiger partial charge < -0.3 is 20.5 Å². The molecule has 4 rings (SSSR count). The van der Waals surface area contributed by atoms with E-state index in [0.29, 0.717) is 5.92 Å². The van der Waals surface area contributed by atoms with Crippen molar-refractivity contribution in [2.45, 2.75) is 50.6 Å². The highest BCUT2D eigenvalue weighted by Crippen LogP contribution is 2.44. The fourth-order valence-electron chi connectivity index (χ4n) is 4.98. The van der Waals surface area contributed by atoms with Crippen LogP contribution in [0, 0.1) is 5.92 Å². The predicted molar refractivity (Wildman–Crippen MR) is 137 cm³/mol. The van der Waals surface area contributed by atoms with Crippen molar-refractivity contribution < 1.29 is 24.2 Å². The summed E-state index contributed by atoms with van der Waals surface area (Å²) in [5, 5.41) is 14.7. The molecule has 8 heteroatoms. The Labute approximate surface area is 210 Å². The molecule has 1 fully saturated rings. The van der Waals surface area contributed by atoms with Gasteiger partial charge in [0.15, 0.2) is 0 Å². The van der Waals surface area contributed by atoms with E-state index in [-0.39, 0.29) is 37.3 Å². The number of carboxylic acid groups (broad SMARTS) is 1. The Balaban J connectivity index is 1.38. The Hall–Kier alpha value is -3.00. The highest BCUT2D eigenvalue weighted by molar-refractivity contribution is 7.99. The molecule has 0 bridgehead atoms. The van der Waals surface area contributed by atoms with E-state index in [4.69, 9.17) is 9.84 Å². The molecule has 2 aliphatic rings. The number of carbonyl (C=O) groups is 3. The molecule has 2 amide bonds. The Bertz CT molecular complexity index is 1020. The van der Waals surface area contributed by atoms with Crippen molar-refractivity contribution in [2.24, 2.45) is 5.92 Å². The molecule has 2 aromatic carbocycles. The summed E-state index contributed by atoms with van der Waals surface area (Å²) in [4.78, 5) is 36.8. The summed E-state index contributed by atoms with van der Waals surface area (Å²) < 4.78 is 5.57. The minimum Gasteiger partial charge on any atom is -0.481 e. The average molecular weight is 497 g/mol. The number of ether oxygens (including phenoxy) is 1. The van der Waals surface area contributed by atoms with Gasteiger partial charge in [0.05, 0.1) is 0 Å². The maximum atomic E-state index is 13.0. The molecule has 0 spiro atoms. The Morgan fingerprint density at radius 1 is 1.00 bits per heavy atom. The molecule has 1 aliphatic carbocycles. The lowest BCUT2D eigenvalue weighted by atomic mass is 9.94. The van der Waals surface area contributed by atoms with Crippen molar-refractivity contribution in [2.75, 3.05) is 18.1 Å². The molecule has 1 saturated heterocycles. The van der Waals surface area contributed by atoms with Gasteiger partial charge in [0.2, 0.25) is 5.91 Å². The van der Waals surface area contributed by atoms with E-state index in [1.54, 1.807) is 0 Å². The van der Waals surface area contributed by atoms with Crippen LogP contribution < -0.4 is 10.6 Å². The van der Waals surface area contributed by atoms with E-state index in [0.717, 1.165) is 46.6 Å². The number of amides is 2. The summed E-state index contributed by atoms with van der Waals surface area (Å²) in [6.07, 6.45) is 1.12. The summed E-state index contributed by atoms with van der Waals surface area (Å²) in [6.45, 7) is 2.10. The van der Waals surface area contributed by atoms with E-state index in [2.05, 4.69) is 22.8 Å². The zero-order chi connectivity index (χ0) is 24.8. The van der Waals surface area contributed by atoms with Crippen LogP contribution in [0.2, 0.25) is 0 Å².